The van der Waals surface area contributed by atoms with E-state index in [-0.39, 0.29) is 6.04 Å². The van der Waals surface area contributed by atoms with Crippen molar-refractivity contribution in [2.24, 2.45) is 0 Å². The molecule has 1 atom stereocenters. The van der Waals surface area contributed by atoms with Gasteiger partial charge in [-0.3, -0.25) is 0 Å². The first-order chi connectivity index (χ1) is 8.40. The minimum Gasteiger partial charge on any atom is -0.487 e. The number of para-hydroxylation sites is 1. The maximum Gasteiger partial charge on any atom is 0.132 e. The summed E-state index contributed by atoms with van der Waals surface area (Å²) in [6, 6.07) is 8.19. The molecule has 0 spiro atoms. The normalized spacial score (nSPS) is 17.5. The lowest BCUT2D eigenvalue weighted by atomic mass is 10.0. The van der Waals surface area contributed by atoms with Gasteiger partial charge in [0.15, 0.2) is 0 Å². The summed E-state index contributed by atoms with van der Waals surface area (Å²) in [6.45, 7) is 4.32. The molecule has 0 bridgehead atoms. The molecule has 17 heavy (non-hydrogen) atoms. The molecule has 1 aliphatic heterocycles. The zero-order valence-electron chi connectivity index (χ0n) is 9.41. The zero-order chi connectivity index (χ0) is 11.7. The second kappa shape index (κ2) is 4.05. The van der Waals surface area contributed by atoms with E-state index in [1.165, 1.54) is 0 Å². The fraction of sp³-hybridized carbons (Fsp3) is 0.231. The molecule has 0 fully saturated rings. The first kappa shape index (κ1) is 10.1. The van der Waals surface area contributed by atoms with Gasteiger partial charge >= 0.3 is 0 Å². The first-order valence-electron chi connectivity index (χ1n) is 5.62. The molecular formula is C13H13N3O. The van der Waals surface area contributed by atoms with E-state index in [9.17, 15) is 0 Å². The minimum atomic E-state index is 0.128. The Kier molecular flexibility index (Phi) is 2.40. The van der Waals surface area contributed by atoms with Crippen LogP contribution in [0.15, 0.2) is 43.1 Å². The summed E-state index contributed by atoms with van der Waals surface area (Å²) in [6.07, 6.45) is 4.47. The Balaban J connectivity index is 2.15. The van der Waals surface area contributed by atoms with Gasteiger partial charge in [0, 0.05) is 5.56 Å². The standard InChI is InChI=1S/C13H13N3O/c1-2-5-12-11-6-3-4-7-13(11)17-9-10-8-14-15-16(10)12/h2-4,6-8,12H,1,5,9H2. The van der Waals surface area contributed by atoms with E-state index in [1.807, 2.05) is 29.0 Å². The predicted molar refractivity (Wildman–Crippen MR) is 63.7 cm³/mol. The van der Waals surface area contributed by atoms with E-state index in [0.717, 1.165) is 23.4 Å². The van der Waals surface area contributed by atoms with Crippen molar-refractivity contribution >= 4 is 0 Å². The lowest BCUT2D eigenvalue weighted by molar-refractivity contribution is 0.301. The Labute approximate surface area is 99.5 Å². The van der Waals surface area contributed by atoms with Crippen LogP contribution in [0, 0.1) is 0 Å². The summed E-state index contributed by atoms with van der Waals surface area (Å²) in [5, 5.41) is 8.10. The lowest BCUT2D eigenvalue weighted by Gasteiger charge is -2.16. The SMILES string of the molecule is C=CCC1c2ccccc2OCc2cnnn21. The van der Waals surface area contributed by atoms with E-state index < -0.39 is 0 Å². The van der Waals surface area contributed by atoms with Gasteiger partial charge in [0.05, 0.1) is 17.9 Å². The van der Waals surface area contributed by atoms with Crippen molar-refractivity contribution in [3.05, 3.63) is 54.4 Å². The number of fused-ring (bicyclic) bond motifs is 2. The smallest absolute Gasteiger partial charge is 0.132 e. The number of hydrogen-bond acceptors (Lipinski definition) is 3. The maximum absolute atomic E-state index is 5.77. The van der Waals surface area contributed by atoms with E-state index in [0.29, 0.717) is 6.61 Å². The molecule has 1 aromatic carbocycles. The topological polar surface area (TPSA) is 39.9 Å². The van der Waals surface area contributed by atoms with Crippen molar-refractivity contribution in [2.45, 2.75) is 19.1 Å². The Morgan fingerprint density at radius 3 is 3.24 bits per heavy atom. The fourth-order valence-electron chi connectivity index (χ4n) is 2.19. The third-order valence-corrected chi connectivity index (χ3v) is 2.99. The summed E-state index contributed by atoms with van der Waals surface area (Å²) < 4.78 is 7.70. The molecule has 3 rings (SSSR count). The molecule has 0 amide bonds. The van der Waals surface area contributed by atoms with Crippen LogP contribution in [0.5, 0.6) is 5.75 Å². The molecule has 4 heteroatoms. The number of nitrogens with zero attached hydrogens (tertiary/aromatic N) is 3. The monoisotopic (exact) mass is 227 g/mol. The average molecular weight is 227 g/mol. The van der Waals surface area contributed by atoms with Crippen molar-refractivity contribution in [1.29, 1.82) is 0 Å². The van der Waals surface area contributed by atoms with Crippen LogP contribution in [0.3, 0.4) is 0 Å². The van der Waals surface area contributed by atoms with Crippen LogP contribution < -0.4 is 4.74 Å². The quantitative estimate of drug-likeness (QED) is 0.739. The molecule has 86 valence electrons. The molecule has 4 nitrogen and oxygen atoms in total. The van der Waals surface area contributed by atoms with E-state index in [2.05, 4.69) is 23.0 Å². The zero-order valence-corrected chi connectivity index (χ0v) is 9.41. The highest BCUT2D eigenvalue weighted by molar-refractivity contribution is 5.38. The summed E-state index contributed by atoms with van der Waals surface area (Å²) in [4.78, 5) is 0. The Hall–Kier alpha value is -2.10. The molecule has 2 heterocycles. The number of aromatic nitrogens is 3. The Morgan fingerprint density at radius 2 is 2.35 bits per heavy atom. The van der Waals surface area contributed by atoms with E-state index in [4.69, 9.17) is 4.74 Å². The second-order valence-corrected chi connectivity index (χ2v) is 4.04. The summed E-state index contributed by atoms with van der Waals surface area (Å²) in [5.41, 5.74) is 2.13. The van der Waals surface area contributed by atoms with Crippen LogP contribution in [0.2, 0.25) is 0 Å². The van der Waals surface area contributed by atoms with Gasteiger partial charge in [-0.25, -0.2) is 4.68 Å². The van der Waals surface area contributed by atoms with Crippen molar-refractivity contribution < 1.29 is 4.74 Å². The van der Waals surface area contributed by atoms with Crippen LogP contribution in [0.1, 0.15) is 23.7 Å². The largest absolute Gasteiger partial charge is 0.487 e. The maximum atomic E-state index is 5.77. The molecule has 0 aliphatic carbocycles. The number of allylic oxidation sites excluding steroid dienone is 1. The van der Waals surface area contributed by atoms with Gasteiger partial charge in [-0.15, -0.1) is 11.7 Å². The van der Waals surface area contributed by atoms with Crippen LogP contribution in [0.25, 0.3) is 0 Å². The number of hydrogen-bond donors (Lipinski definition) is 0. The van der Waals surface area contributed by atoms with Crippen LogP contribution in [-0.2, 0) is 6.61 Å². The van der Waals surface area contributed by atoms with Crippen LogP contribution in [-0.4, -0.2) is 15.0 Å². The van der Waals surface area contributed by atoms with Gasteiger partial charge in [0.2, 0.25) is 0 Å². The molecule has 1 aliphatic rings. The highest BCUT2D eigenvalue weighted by atomic mass is 16.5. The van der Waals surface area contributed by atoms with Crippen LogP contribution in [0.4, 0.5) is 0 Å². The van der Waals surface area contributed by atoms with Gasteiger partial charge in [-0.2, -0.15) is 0 Å². The average Bonchev–Trinajstić information content (AvgIpc) is 2.77. The molecule has 0 saturated heterocycles. The predicted octanol–water partition coefficient (Wildman–Crippen LogP) is 2.34. The highest BCUT2D eigenvalue weighted by Gasteiger charge is 2.23. The number of ether oxygens (including phenoxy) is 1. The van der Waals surface area contributed by atoms with Gasteiger partial charge in [0.1, 0.15) is 12.4 Å². The molecule has 2 aromatic rings. The molecule has 0 saturated carbocycles. The summed E-state index contributed by atoms with van der Waals surface area (Å²) in [5.74, 6) is 0.921. The number of benzene rings is 1. The molecule has 0 radical (unpaired) electrons. The Bertz CT molecular complexity index is 547. The molecule has 1 aromatic heterocycles. The van der Waals surface area contributed by atoms with Crippen molar-refractivity contribution in [3.8, 4) is 5.75 Å². The van der Waals surface area contributed by atoms with Gasteiger partial charge < -0.3 is 4.74 Å². The summed E-state index contributed by atoms with van der Waals surface area (Å²) in [7, 11) is 0. The molecule has 0 N–H and O–H groups in total. The van der Waals surface area contributed by atoms with Crippen molar-refractivity contribution in [2.75, 3.05) is 0 Å². The third-order valence-electron chi connectivity index (χ3n) is 2.99. The second-order valence-electron chi connectivity index (χ2n) is 4.04. The fourth-order valence-corrected chi connectivity index (χ4v) is 2.19. The molecular weight excluding hydrogens is 214 g/mol. The summed E-state index contributed by atoms with van der Waals surface area (Å²) >= 11 is 0. The number of rotatable bonds is 2. The van der Waals surface area contributed by atoms with Crippen LogP contribution >= 0.6 is 0 Å². The van der Waals surface area contributed by atoms with E-state index in [1.54, 1.807) is 6.20 Å². The third kappa shape index (κ3) is 1.62. The first-order valence-corrected chi connectivity index (χ1v) is 5.62. The highest BCUT2D eigenvalue weighted by Crippen LogP contribution is 2.33. The van der Waals surface area contributed by atoms with Crippen molar-refractivity contribution in [3.63, 3.8) is 0 Å². The minimum absolute atomic E-state index is 0.128. The van der Waals surface area contributed by atoms with Crippen molar-refractivity contribution in [1.82, 2.24) is 15.0 Å². The van der Waals surface area contributed by atoms with Gasteiger partial charge in [-0.1, -0.05) is 29.5 Å². The molecule has 1 unspecified atom stereocenters. The van der Waals surface area contributed by atoms with Gasteiger partial charge in [-0.05, 0) is 12.5 Å². The lowest BCUT2D eigenvalue weighted by Crippen LogP contribution is -2.12. The Morgan fingerprint density at radius 1 is 1.47 bits per heavy atom. The van der Waals surface area contributed by atoms with E-state index >= 15 is 0 Å². The van der Waals surface area contributed by atoms with Gasteiger partial charge in [0.25, 0.3) is 0 Å².